The van der Waals surface area contributed by atoms with E-state index in [4.69, 9.17) is 18.6 Å². The molecule has 0 amide bonds. The number of aliphatic hydroxyl groups is 1. The molecule has 5 aliphatic rings. The maximum absolute atomic E-state index is 11.4. The van der Waals surface area contributed by atoms with Crippen molar-refractivity contribution in [2.45, 2.75) is 141 Å². The van der Waals surface area contributed by atoms with E-state index in [0.717, 1.165) is 32.1 Å². The number of benzene rings is 1. The van der Waals surface area contributed by atoms with Crippen LogP contribution in [0.3, 0.4) is 0 Å². The van der Waals surface area contributed by atoms with Gasteiger partial charge >= 0.3 is 0 Å². The Morgan fingerprint density at radius 3 is 2.34 bits per heavy atom. The van der Waals surface area contributed by atoms with E-state index in [9.17, 15) is 5.11 Å². The fraction of sp³-hybridized carbons (Fsp3) is 0.829. The highest BCUT2D eigenvalue weighted by atomic mass is 28.4. The van der Waals surface area contributed by atoms with Gasteiger partial charge in [0.25, 0.3) is 0 Å². The van der Waals surface area contributed by atoms with Gasteiger partial charge in [0.05, 0.1) is 31.0 Å². The van der Waals surface area contributed by atoms with Crippen LogP contribution in [0.2, 0.25) is 18.1 Å². The normalized spacial score (nSPS) is 43.6. The Labute approximate surface area is 250 Å². The van der Waals surface area contributed by atoms with E-state index in [2.05, 4.69) is 85.0 Å². The summed E-state index contributed by atoms with van der Waals surface area (Å²) >= 11 is 0. The summed E-state index contributed by atoms with van der Waals surface area (Å²) in [6.07, 6.45) is 8.12. The van der Waals surface area contributed by atoms with Crippen LogP contribution in [0.25, 0.3) is 0 Å². The molecule has 4 aliphatic carbocycles. The monoisotopic (exact) mass is 584 g/mol. The van der Waals surface area contributed by atoms with Gasteiger partial charge in [-0.05, 0) is 98.7 Å². The van der Waals surface area contributed by atoms with E-state index < -0.39 is 14.1 Å². The van der Waals surface area contributed by atoms with E-state index >= 15 is 0 Å². The predicted molar refractivity (Wildman–Crippen MR) is 165 cm³/mol. The molecule has 0 radical (unpaired) electrons. The molecule has 1 aromatic rings. The summed E-state index contributed by atoms with van der Waals surface area (Å²) in [5.74, 6) is 0.713. The summed E-state index contributed by atoms with van der Waals surface area (Å²) < 4.78 is 28.1. The highest BCUT2D eigenvalue weighted by Gasteiger charge is 2.72. The van der Waals surface area contributed by atoms with Crippen molar-refractivity contribution in [1.82, 2.24) is 0 Å². The lowest BCUT2D eigenvalue weighted by Crippen LogP contribution is -2.68. The van der Waals surface area contributed by atoms with Crippen molar-refractivity contribution in [2.24, 2.45) is 34.5 Å². The summed E-state index contributed by atoms with van der Waals surface area (Å²) in [4.78, 5) is 0. The molecule has 5 fully saturated rings. The molecule has 5 nitrogen and oxygen atoms in total. The van der Waals surface area contributed by atoms with Crippen LogP contribution < -0.4 is 0 Å². The Morgan fingerprint density at radius 1 is 0.951 bits per heavy atom. The van der Waals surface area contributed by atoms with Crippen LogP contribution in [0.15, 0.2) is 30.3 Å². The zero-order valence-electron chi connectivity index (χ0n) is 26.9. The minimum absolute atomic E-state index is 0.00314. The number of aliphatic hydroxyl groups excluding tert-OH is 1. The molecule has 1 aromatic carbocycles. The summed E-state index contributed by atoms with van der Waals surface area (Å²) in [6, 6.07) is 10.6. The van der Waals surface area contributed by atoms with Crippen LogP contribution in [0.1, 0.15) is 92.1 Å². The van der Waals surface area contributed by atoms with Crippen LogP contribution in [-0.4, -0.2) is 50.2 Å². The number of hydrogen-bond donors (Lipinski definition) is 1. The Balaban J connectivity index is 1.43. The molecule has 1 aliphatic heterocycles. The highest BCUT2D eigenvalue weighted by molar-refractivity contribution is 6.74. The molecule has 0 bridgehead atoms. The third-order valence-corrected chi connectivity index (χ3v) is 17.3. The van der Waals surface area contributed by atoms with E-state index in [0.29, 0.717) is 18.4 Å². The average Bonchev–Trinajstić information content (AvgIpc) is 3.41. The fourth-order valence-electron chi connectivity index (χ4n) is 9.98. The minimum Gasteiger partial charge on any atom is -0.413 e. The fourth-order valence-corrected chi connectivity index (χ4v) is 11.4. The number of hydrogen-bond acceptors (Lipinski definition) is 5. The molecule has 1 saturated heterocycles. The second-order valence-electron chi connectivity index (χ2n) is 16.5. The van der Waals surface area contributed by atoms with Crippen molar-refractivity contribution in [3.05, 3.63) is 35.9 Å². The third kappa shape index (κ3) is 4.91. The highest BCUT2D eigenvalue weighted by Crippen LogP contribution is 2.69. The Hall–Kier alpha value is -0.763. The topological polar surface area (TPSA) is 57.2 Å². The maximum atomic E-state index is 11.4. The van der Waals surface area contributed by atoms with E-state index in [1.165, 1.54) is 18.4 Å². The van der Waals surface area contributed by atoms with Gasteiger partial charge in [-0.2, -0.15) is 0 Å². The van der Waals surface area contributed by atoms with Crippen molar-refractivity contribution in [3.8, 4) is 0 Å². The Bertz CT molecular complexity index is 1080. The number of fused-ring (bicyclic) bond motifs is 8. The van der Waals surface area contributed by atoms with Gasteiger partial charge in [-0.1, -0.05) is 70.9 Å². The van der Waals surface area contributed by atoms with E-state index in [1.54, 1.807) is 0 Å². The van der Waals surface area contributed by atoms with E-state index in [-0.39, 0.29) is 58.7 Å². The average molecular weight is 585 g/mol. The van der Waals surface area contributed by atoms with Gasteiger partial charge < -0.3 is 23.7 Å². The van der Waals surface area contributed by atoms with Crippen LogP contribution >= 0.6 is 0 Å². The molecule has 4 saturated carbocycles. The standard InChI is InChI=1S/C35H56O5Si/c1-32(2,3)41(7,8)40-27-18-17-24-28-29(26(20-34(24,27)6)37-21-23-14-10-9-11-15-23)35(22-36)19-13-12-16-25(35)30-31(28)39-33(4,5)38-30/h9-11,14-15,24-31,36H,12-13,16-22H2,1-8H3/t24?,25?,26?,27?,28?,29?,30?,31?,34-,35?/m0/s1. The SMILES string of the molecule is CC1(C)OC2C(O1)C1CCCCC1(CO)C1C(OCc3ccccc3)C[C@]3(C)C(O[Si](C)(C)C(C)(C)C)CCC3C21. The molecule has 1 N–H and O–H groups in total. The molecule has 0 aromatic heterocycles. The molecule has 9 unspecified atom stereocenters. The second kappa shape index (κ2) is 10.4. The van der Waals surface area contributed by atoms with Crippen molar-refractivity contribution < 1.29 is 23.7 Å². The third-order valence-electron chi connectivity index (χ3n) is 12.8. The second-order valence-corrected chi connectivity index (χ2v) is 21.3. The molecule has 1 heterocycles. The zero-order chi connectivity index (χ0) is 29.4. The van der Waals surface area contributed by atoms with Gasteiger partial charge in [0.15, 0.2) is 14.1 Å². The van der Waals surface area contributed by atoms with Crippen LogP contribution in [0.5, 0.6) is 0 Å². The smallest absolute Gasteiger partial charge is 0.192 e. The van der Waals surface area contributed by atoms with Gasteiger partial charge in [-0.3, -0.25) is 0 Å². The lowest BCUT2D eigenvalue weighted by molar-refractivity contribution is -0.245. The van der Waals surface area contributed by atoms with Crippen LogP contribution in [-0.2, 0) is 25.2 Å². The first-order valence-electron chi connectivity index (χ1n) is 16.5. The van der Waals surface area contributed by atoms with Crippen LogP contribution in [0.4, 0.5) is 0 Å². The predicted octanol–water partition coefficient (Wildman–Crippen LogP) is 7.72. The molecule has 6 rings (SSSR count). The van der Waals surface area contributed by atoms with Crippen LogP contribution in [0, 0.1) is 34.5 Å². The molecule has 10 atom stereocenters. The summed E-state index contributed by atoms with van der Waals surface area (Å²) in [6.45, 7) is 19.4. The number of ether oxygens (including phenoxy) is 3. The van der Waals surface area contributed by atoms with Crippen molar-refractivity contribution in [3.63, 3.8) is 0 Å². The molecule has 0 spiro atoms. The van der Waals surface area contributed by atoms with Crippen molar-refractivity contribution in [2.75, 3.05) is 6.61 Å². The summed E-state index contributed by atoms with van der Waals surface area (Å²) in [5, 5.41) is 11.6. The largest absolute Gasteiger partial charge is 0.413 e. The van der Waals surface area contributed by atoms with Gasteiger partial charge in [-0.15, -0.1) is 0 Å². The van der Waals surface area contributed by atoms with Gasteiger partial charge in [0.1, 0.15) is 0 Å². The van der Waals surface area contributed by atoms with Gasteiger partial charge in [-0.25, -0.2) is 0 Å². The van der Waals surface area contributed by atoms with Crippen molar-refractivity contribution >= 4 is 8.32 Å². The van der Waals surface area contributed by atoms with Crippen molar-refractivity contribution in [1.29, 1.82) is 0 Å². The zero-order valence-corrected chi connectivity index (χ0v) is 27.9. The molecular formula is C35H56O5Si. The summed E-state index contributed by atoms with van der Waals surface area (Å²) in [5.41, 5.74) is 1.02. The minimum atomic E-state index is -1.97. The lowest BCUT2D eigenvalue weighted by atomic mass is 9.42. The summed E-state index contributed by atoms with van der Waals surface area (Å²) in [7, 11) is -1.97. The van der Waals surface area contributed by atoms with E-state index in [1.807, 2.05) is 0 Å². The first-order chi connectivity index (χ1) is 19.2. The Kier molecular flexibility index (Phi) is 7.69. The maximum Gasteiger partial charge on any atom is 0.192 e. The molecule has 41 heavy (non-hydrogen) atoms. The van der Waals surface area contributed by atoms with Gasteiger partial charge in [0.2, 0.25) is 0 Å². The lowest BCUT2D eigenvalue weighted by Gasteiger charge is -2.65. The molecule has 6 heteroatoms. The first-order valence-corrected chi connectivity index (χ1v) is 19.4. The van der Waals surface area contributed by atoms with Gasteiger partial charge in [0, 0.05) is 12.0 Å². The molecule has 230 valence electrons. The molecular weight excluding hydrogens is 528 g/mol. The number of rotatable bonds is 6. The quantitative estimate of drug-likeness (QED) is 0.347. The first kappa shape index (κ1) is 30.3. The Morgan fingerprint density at radius 2 is 1.66 bits per heavy atom.